The van der Waals surface area contributed by atoms with E-state index in [1.165, 1.54) is 35.3 Å². The van der Waals surface area contributed by atoms with Gasteiger partial charge in [0, 0.05) is 31.7 Å². The highest BCUT2D eigenvalue weighted by molar-refractivity contribution is 5.78. The van der Waals surface area contributed by atoms with Crippen molar-refractivity contribution in [1.29, 1.82) is 5.26 Å². The summed E-state index contributed by atoms with van der Waals surface area (Å²) in [7, 11) is 0. The molecular formula is C24H29N5. The smallest absolute Gasteiger partial charge is 0.187 e. The molecule has 1 aliphatic carbocycles. The predicted molar refractivity (Wildman–Crippen MR) is 117 cm³/mol. The van der Waals surface area contributed by atoms with Gasteiger partial charge in [-0.2, -0.15) is 5.26 Å². The van der Waals surface area contributed by atoms with Crippen molar-refractivity contribution in [2.75, 3.05) is 29.4 Å². The van der Waals surface area contributed by atoms with Crippen molar-refractivity contribution in [2.45, 2.75) is 51.0 Å². The monoisotopic (exact) mass is 387 g/mol. The highest BCUT2D eigenvalue weighted by atomic mass is 15.5. The van der Waals surface area contributed by atoms with Crippen molar-refractivity contribution >= 4 is 11.4 Å². The van der Waals surface area contributed by atoms with Crippen LogP contribution in [0.15, 0.2) is 48.5 Å². The minimum atomic E-state index is -0.0744. The molecule has 150 valence electrons. The summed E-state index contributed by atoms with van der Waals surface area (Å²) in [6, 6.07) is 18.6. The highest BCUT2D eigenvalue weighted by Crippen LogP contribution is 2.41. The van der Waals surface area contributed by atoms with Crippen LogP contribution in [0.1, 0.15) is 30.9 Å². The molecule has 2 aromatic rings. The average molecular weight is 388 g/mol. The Morgan fingerprint density at radius 1 is 0.931 bits per heavy atom. The minimum absolute atomic E-state index is 0.0744. The summed E-state index contributed by atoms with van der Waals surface area (Å²) in [5.74, 6) is 0. The van der Waals surface area contributed by atoms with Gasteiger partial charge in [-0.05, 0) is 55.9 Å². The zero-order valence-corrected chi connectivity index (χ0v) is 17.1. The third-order valence-corrected chi connectivity index (χ3v) is 7.00. The number of hydrogen-bond acceptors (Lipinski definition) is 5. The predicted octanol–water partition coefficient (Wildman–Crippen LogP) is 3.32. The molecule has 1 unspecified atom stereocenters. The Balaban J connectivity index is 1.31. The van der Waals surface area contributed by atoms with Gasteiger partial charge >= 0.3 is 0 Å². The SMILES string of the molecule is CCN1c2ccccc2N(C2CCN(C3Cc4ccccc4C3)CC2)C1NC#N. The number of fused-ring (bicyclic) bond motifs is 2. The van der Waals surface area contributed by atoms with Gasteiger partial charge < -0.3 is 9.80 Å². The molecule has 5 nitrogen and oxygen atoms in total. The van der Waals surface area contributed by atoms with Crippen LogP contribution in [0.5, 0.6) is 0 Å². The number of anilines is 2. The van der Waals surface area contributed by atoms with E-state index in [0.29, 0.717) is 12.1 Å². The lowest BCUT2D eigenvalue weighted by Crippen LogP contribution is -2.57. The van der Waals surface area contributed by atoms with Gasteiger partial charge in [-0.1, -0.05) is 36.4 Å². The molecule has 1 N–H and O–H groups in total. The Hall–Kier alpha value is -2.71. The number of hydrogen-bond donors (Lipinski definition) is 1. The minimum Gasteiger partial charge on any atom is -0.332 e. The summed E-state index contributed by atoms with van der Waals surface area (Å²) in [6.45, 7) is 5.31. The first kappa shape index (κ1) is 18.3. The Morgan fingerprint density at radius 3 is 2.17 bits per heavy atom. The molecule has 1 atom stereocenters. The fourth-order valence-corrected chi connectivity index (χ4v) is 5.61. The summed E-state index contributed by atoms with van der Waals surface area (Å²) in [4.78, 5) is 7.46. The molecule has 0 saturated carbocycles. The van der Waals surface area contributed by atoms with Crippen LogP contribution < -0.4 is 15.1 Å². The quantitative estimate of drug-likeness (QED) is 0.644. The number of nitriles is 1. The van der Waals surface area contributed by atoms with E-state index >= 15 is 0 Å². The van der Waals surface area contributed by atoms with Crippen molar-refractivity contribution in [3.63, 3.8) is 0 Å². The Bertz CT molecular complexity index is 886. The molecule has 0 bridgehead atoms. The zero-order valence-electron chi connectivity index (χ0n) is 17.1. The number of benzene rings is 2. The van der Waals surface area contributed by atoms with Gasteiger partial charge in [-0.15, -0.1) is 0 Å². The van der Waals surface area contributed by atoms with Gasteiger partial charge in [0.2, 0.25) is 0 Å². The van der Waals surface area contributed by atoms with Crippen molar-refractivity contribution in [3.05, 3.63) is 59.7 Å². The molecule has 3 aliphatic rings. The maximum atomic E-state index is 9.38. The van der Waals surface area contributed by atoms with E-state index in [2.05, 4.69) is 81.7 Å². The van der Waals surface area contributed by atoms with E-state index < -0.39 is 0 Å². The maximum absolute atomic E-state index is 9.38. The van der Waals surface area contributed by atoms with E-state index in [9.17, 15) is 5.26 Å². The Morgan fingerprint density at radius 2 is 1.55 bits per heavy atom. The van der Waals surface area contributed by atoms with Crippen molar-refractivity contribution in [1.82, 2.24) is 10.2 Å². The van der Waals surface area contributed by atoms with Crippen LogP contribution in [0, 0.1) is 11.5 Å². The lowest BCUT2D eigenvalue weighted by atomic mass is 10.00. The van der Waals surface area contributed by atoms with Crippen LogP contribution in [0.3, 0.4) is 0 Å². The summed E-state index contributed by atoms with van der Waals surface area (Å²) in [5.41, 5.74) is 5.56. The average Bonchev–Trinajstić information content (AvgIpc) is 3.33. The standard InChI is InChI=1S/C24H29N5/c1-2-28-22-9-5-6-10-23(22)29(24(28)26-17-25)20-11-13-27(14-12-20)21-15-18-7-3-4-8-19(18)16-21/h3-10,20-21,24,26H,2,11-16H2,1H3. The molecule has 0 aromatic heterocycles. The van der Waals surface area contributed by atoms with Gasteiger partial charge in [-0.3, -0.25) is 10.2 Å². The molecule has 5 heteroatoms. The number of para-hydroxylation sites is 2. The van der Waals surface area contributed by atoms with Gasteiger partial charge in [0.1, 0.15) is 0 Å². The van der Waals surface area contributed by atoms with Crippen LogP contribution in [0.2, 0.25) is 0 Å². The molecule has 1 fully saturated rings. The highest BCUT2D eigenvalue weighted by Gasteiger charge is 2.40. The van der Waals surface area contributed by atoms with Crippen LogP contribution in [0.4, 0.5) is 11.4 Å². The summed E-state index contributed by atoms with van der Waals surface area (Å²) < 4.78 is 0. The van der Waals surface area contributed by atoms with Crippen molar-refractivity contribution in [3.8, 4) is 6.19 Å². The maximum Gasteiger partial charge on any atom is 0.187 e. The number of likely N-dealkylation sites (tertiary alicyclic amines) is 1. The van der Waals surface area contributed by atoms with Gasteiger partial charge in [0.25, 0.3) is 0 Å². The van der Waals surface area contributed by atoms with Gasteiger partial charge in [0.05, 0.1) is 11.4 Å². The van der Waals surface area contributed by atoms with E-state index in [-0.39, 0.29) is 6.29 Å². The second-order valence-corrected chi connectivity index (χ2v) is 8.41. The first-order valence-electron chi connectivity index (χ1n) is 10.9. The number of piperidine rings is 1. The third-order valence-electron chi connectivity index (χ3n) is 7.00. The molecule has 5 rings (SSSR count). The molecular weight excluding hydrogens is 358 g/mol. The lowest BCUT2D eigenvalue weighted by Gasteiger charge is -2.42. The van der Waals surface area contributed by atoms with E-state index in [1.807, 2.05) is 0 Å². The second-order valence-electron chi connectivity index (χ2n) is 8.41. The zero-order chi connectivity index (χ0) is 19.8. The molecule has 1 saturated heterocycles. The second kappa shape index (κ2) is 7.61. The molecule has 0 spiro atoms. The number of rotatable bonds is 4. The fraction of sp³-hybridized carbons (Fsp3) is 0.458. The van der Waals surface area contributed by atoms with E-state index in [1.54, 1.807) is 0 Å². The molecule has 2 aliphatic heterocycles. The summed E-state index contributed by atoms with van der Waals surface area (Å²) >= 11 is 0. The number of nitrogens with zero attached hydrogens (tertiary/aromatic N) is 4. The third kappa shape index (κ3) is 3.12. The van der Waals surface area contributed by atoms with Crippen molar-refractivity contribution < 1.29 is 0 Å². The Kier molecular flexibility index (Phi) is 4.81. The molecule has 2 aromatic carbocycles. The van der Waals surface area contributed by atoms with Crippen LogP contribution in [-0.4, -0.2) is 42.9 Å². The summed E-state index contributed by atoms with van der Waals surface area (Å²) in [5, 5.41) is 12.4. The van der Waals surface area contributed by atoms with Gasteiger partial charge in [0.15, 0.2) is 12.5 Å². The van der Waals surface area contributed by atoms with Crippen molar-refractivity contribution in [2.24, 2.45) is 0 Å². The molecule has 29 heavy (non-hydrogen) atoms. The van der Waals surface area contributed by atoms with Crippen LogP contribution in [0.25, 0.3) is 0 Å². The normalized spacial score (nSPS) is 22.4. The van der Waals surface area contributed by atoms with E-state index in [4.69, 9.17) is 0 Å². The first-order valence-corrected chi connectivity index (χ1v) is 10.9. The largest absolute Gasteiger partial charge is 0.332 e. The fourth-order valence-electron chi connectivity index (χ4n) is 5.61. The number of nitrogens with one attached hydrogen (secondary N) is 1. The van der Waals surface area contributed by atoms with E-state index in [0.717, 1.165) is 32.5 Å². The van der Waals surface area contributed by atoms with Crippen LogP contribution in [-0.2, 0) is 12.8 Å². The molecule has 0 amide bonds. The lowest BCUT2D eigenvalue weighted by molar-refractivity contribution is 0.152. The molecule has 0 radical (unpaired) electrons. The Labute approximate surface area is 173 Å². The topological polar surface area (TPSA) is 45.5 Å². The molecule has 2 heterocycles. The first-order chi connectivity index (χ1) is 14.3. The van der Waals surface area contributed by atoms with Crippen LogP contribution >= 0.6 is 0 Å². The summed E-state index contributed by atoms with van der Waals surface area (Å²) in [6.07, 6.45) is 6.79. The van der Waals surface area contributed by atoms with Gasteiger partial charge in [-0.25, -0.2) is 0 Å².